The van der Waals surface area contributed by atoms with E-state index < -0.39 is 0 Å². The standard InChI is InChI=1S/C26H30N4.C3H6O2/c1-17-5-3-6-19-7-4-8-24(26(17)19)29-12-11-22-23(16-29)27-18(2)13-25(22)30-14-20-9-10-21(15-30)28-20;1-2-5-3-4/h3-8,13,20-21,28H,9-12,14-16H2,1-2H3;3H,2H2,1H3. The Labute approximate surface area is 208 Å². The van der Waals surface area contributed by atoms with Crippen molar-refractivity contribution in [3.8, 4) is 0 Å². The Morgan fingerprint density at radius 2 is 1.80 bits per heavy atom. The van der Waals surface area contributed by atoms with E-state index in [4.69, 9.17) is 4.98 Å². The first-order valence-electron chi connectivity index (χ1n) is 12.9. The number of aryl methyl sites for hydroxylation is 2. The first-order valence-corrected chi connectivity index (χ1v) is 12.9. The van der Waals surface area contributed by atoms with Crippen molar-refractivity contribution in [2.75, 3.05) is 36.0 Å². The Morgan fingerprint density at radius 3 is 2.49 bits per heavy atom. The number of nitrogens with zero attached hydrogens (tertiary/aromatic N) is 3. The van der Waals surface area contributed by atoms with E-state index in [-0.39, 0.29) is 0 Å². The third kappa shape index (κ3) is 4.85. The lowest BCUT2D eigenvalue weighted by Gasteiger charge is -2.38. The summed E-state index contributed by atoms with van der Waals surface area (Å²) in [5, 5.41) is 6.48. The fourth-order valence-electron chi connectivity index (χ4n) is 5.97. The summed E-state index contributed by atoms with van der Waals surface area (Å²) in [6.45, 7) is 11.3. The molecule has 0 radical (unpaired) electrons. The number of pyridine rings is 1. The van der Waals surface area contributed by atoms with Gasteiger partial charge in [-0.15, -0.1) is 0 Å². The van der Waals surface area contributed by atoms with Gasteiger partial charge in [0.15, 0.2) is 0 Å². The molecule has 3 aromatic rings. The zero-order chi connectivity index (χ0) is 24.4. The van der Waals surface area contributed by atoms with Crippen LogP contribution in [0.5, 0.6) is 0 Å². The topological polar surface area (TPSA) is 57.7 Å². The Kier molecular flexibility index (Phi) is 6.91. The molecule has 35 heavy (non-hydrogen) atoms. The Morgan fingerprint density at radius 1 is 1.06 bits per heavy atom. The number of hydrogen-bond acceptors (Lipinski definition) is 6. The highest BCUT2D eigenvalue weighted by Crippen LogP contribution is 2.36. The van der Waals surface area contributed by atoms with Crippen molar-refractivity contribution in [1.82, 2.24) is 10.3 Å². The number of fused-ring (bicyclic) bond motifs is 4. The molecule has 0 aliphatic carbocycles. The number of ether oxygens (including phenoxy) is 1. The molecule has 6 nitrogen and oxygen atoms in total. The third-order valence-electron chi connectivity index (χ3n) is 7.51. The van der Waals surface area contributed by atoms with E-state index in [1.165, 1.54) is 51.8 Å². The molecule has 3 aliphatic heterocycles. The number of benzene rings is 2. The summed E-state index contributed by atoms with van der Waals surface area (Å²) in [6.07, 6.45) is 3.71. The van der Waals surface area contributed by atoms with Gasteiger partial charge < -0.3 is 19.9 Å². The summed E-state index contributed by atoms with van der Waals surface area (Å²) < 4.78 is 4.15. The van der Waals surface area contributed by atoms with Gasteiger partial charge in [-0.05, 0) is 63.1 Å². The highest BCUT2D eigenvalue weighted by Gasteiger charge is 2.34. The fraction of sp³-hybridized carbons (Fsp3) is 0.448. The Balaban J connectivity index is 0.000000464. The van der Waals surface area contributed by atoms with Crippen molar-refractivity contribution in [2.45, 2.75) is 58.7 Å². The molecule has 0 spiro atoms. The number of aromatic nitrogens is 1. The number of carbonyl (C=O) groups excluding carboxylic acids is 1. The van der Waals surface area contributed by atoms with Gasteiger partial charge in [-0.25, -0.2) is 0 Å². The molecule has 2 aromatic carbocycles. The number of carbonyl (C=O) groups is 1. The van der Waals surface area contributed by atoms with E-state index in [1.54, 1.807) is 6.92 Å². The van der Waals surface area contributed by atoms with Crippen LogP contribution < -0.4 is 15.1 Å². The van der Waals surface area contributed by atoms with Gasteiger partial charge in [0, 0.05) is 59.7 Å². The summed E-state index contributed by atoms with van der Waals surface area (Å²) in [6, 6.07) is 17.0. The minimum absolute atomic E-state index is 0.431. The van der Waals surface area contributed by atoms with Crippen LogP contribution in [-0.2, 0) is 22.5 Å². The molecule has 6 heteroatoms. The summed E-state index contributed by atoms with van der Waals surface area (Å²) in [4.78, 5) is 19.4. The van der Waals surface area contributed by atoms with E-state index in [0.717, 1.165) is 38.3 Å². The summed E-state index contributed by atoms with van der Waals surface area (Å²) in [7, 11) is 0. The largest absolute Gasteiger partial charge is 0.468 e. The van der Waals surface area contributed by atoms with Gasteiger partial charge in [-0.1, -0.05) is 30.3 Å². The molecule has 4 heterocycles. The third-order valence-corrected chi connectivity index (χ3v) is 7.51. The SMILES string of the molecule is CCOC=O.Cc1cc(N2CC3CCC(C2)N3)c2c(n1)CN(c1cccc3cccc(C)c13)CC2. The van der Waals surface area contributed by atoms with Gasteiger partial charge in [0.05, 0.1) is 18.8 Å². The molecule has 2 atom stereocenters. The van der Waals surface area contributed by atoms with Crippen LogP contribution in [-0.4, -0.2) is 49.8 Å². The average Bonchev–Trinajstić information content (AvgIpc) is 3.21. The predicted molar refractivity (Wildman–Crippen MR) is 142 cm³/mol. The van der Waals surface area contributed by atoms with Crippen molar-refractivity contribution < 1.29 is 9.53 Å². The normalized spacial score (nSPS) is 20.8. The van der Waals surface area contributed by atoms with Crippen LogP contribution in [0.2, 0.25) is 0 Å². The van der Waals surface area contributed by atoms with Gasteiger partial charge in [-0.2, -0.15) is 0 Å². The molecule has 6 rings (SSSR count). The number of piperazine rings is 1. The fourth-order valence-corrected chi connectivity index (χ4v) is 5.97. The van der Waals surface area contributed by atoms with E-state index in [9.17, 15) is 4.79 Å². The van der Waals surface area contributed by atoms with Crippen LogP contribution in [0.15, 0.2) is 42.5 Å². The van der Waals surface area contributed by atoms with E-state index >= 15 is 0 Å². The van der Waals surface area contributed by atoms with Crippen molar-refractivity contribution in [2.24, 2.45) is 0 Å². The van der Waals surface area contributed by atoms with Crippen molar-refractivity contribution in [3.05, 3.63) is 65.0 Å². The predicted octanol–water partition coefficient (Wildman–Crippen LogP) is 4.53. The van der Waals surface area contributed by atoms with Crippen LogP contribution in [0, 0.1) is 13.8 Å². The smallest absolute Gasteiger partial charge is 0.293 e. The molecular weight excluding hydrogens is 436 g/mol. The van der Waals surface area contributed by atoms with Gasteiger partial charge in [-0.3, -0.25) is 9.78 Å². The quantitative estimate of drug-likeness (QED) is 0.563. The molecule has 2 unspecified atom stereocenters. The number of hydrogen-bond donors (Lipinski definition) is 1. The second-order valence-corrected chi connectivity index (χ2v) is 9.92. The molecular formula is C29H36N4O2. The molecule has 3 aliphatic rings. The Hall–Kier alpha value is -3.12. The minimum Gasteiger partial charge on any atom is -0.468 e. The van der Waals surface area contributed by atoms with E-state index in [2.05, 4.69) is 76.2 Å². The maximum absolute atomic E-state index is 9.18. The molecule has 1 aromatic heterocycles. The van der Waals surface area contributed by atoms with Gasteiger partial charge in [0.25, 0.3) is 6.47 Å². The van der Waals surface area contributed by atoms with Crippen LogP contribution in [0.25, 0.3) is 10.8 Å². The maximum atomic E-state index is 9.18. The van der Waals surface area contributed by atoms with Gasteiger partial charge in [0.2, 0.25) is 0 Å². The van der Waals surface area contributed by atoms with Crippen molar-refractivity contribution >= 4 is 28.6 Å². The van der Waals surface area contributed by atoms with Crippen LogP contribution in [0.1, 0.15) is 42.3 Å². The second kappa shape index (κ2) is 10.2. The number of anilines is 2. The zero-order valence-corrected chi connectivity index (χ0v) is 21.1. The van der Waals surface area contributed by atoms with Crippen LogP contribution >= 0.6 is 0 Å². The summed E-state index contributed by atoms with van der Waals surface area (Å²) >= 11 is 0. The lowest BCUT2D eigenvalue weighted by Crippen LogP contribution is -2.51. The first kappa shape index (κ1) is 23.6. The number of rotatable bonds is 4. The van der Waals surface area contributed by atoms with Gasteiger partial charge >= 0.3 is 0 Å². The molecule has 2 saturated heterocycles. The molecule has 2 fully saturated rings. The van der Waals surface area contributed by atoms with Crippen LogP contribution in [0.3, 0.4) is 0 Å². The lowest BCUT2D eigenvalue weighted by atomic mass is 9.97. The van der Waals surface area contributed by atoms with E-state index in [0.29, 0.717) is 25.2 Å². The monoisotopic (exact) mass is 472 g/mol. The van der Waals surface area contributed by atoms with Gasteiger partial charge in [0.1, 0.15) is 0 Å². The molecule has 2 bridgehead atoms. The highest BCUT2D eigenvalue weighted by atomic mass is 16.5. The summed E-state index contributed by atoms with van der Waals surface area (Å²) in [5.74, 6) is 0. The van der Waals surface area contributed by atoms with Crippen molar-refractivity contribution in [1.29, 1.82) is 0 Å². The van der Waals surface area contributed by atoms with E-state index in [1.807, 2.05) is 0 Å². The number of nitrogens with one attached hydrogen (secondary N) is 1. The lowest BCUT2D eigenvalue weighted by molar-refractivity contribution is -0.128. The molecule has 0 amide bonds. The molecule has 1 N–H and O–H groups in total. The zero-order valence-electron chi connectivity index (χ0n) is 21.1. The molecule has 0 saturated carbocycles. The second-order valence-electron chi connectivity index (χ2n) is 9.92. The summed E-state index contributed by atoms with van der Waals surface area (Å²) in [5.41, 5.74) is 8.04. The minimum atomic E-state index is 0.431. The Bertz CT molecular complexity index is 1190. The first-order chi connectivity index (χ1) is 17.1. The average molecular weight is 473 g/mol. The molecule has 184 valence electrons. The maximum Gasteiger partial charge on any atom is 0.293 e. The highest BCUT2D eigenvalue weighted by molar-refractivity contribution is 5.97. The van der Waals surface area contributed by atoms with Crippen LogP contribution in [0.4, 0.5) is 11.4 Å². The van der Waals surface area contributed by atoms with Crippen molar-refractivity contribution in [3.63, 3.8) is 0 Å².